The number of carbonyl (C=O) groups excluding carboxylic acids is 1. The molecule has 0 radical (unpaired) electrons. The lowest BCUT2D eigenvalue weighted by Gasteiger charge is -2.28. The molecule has 0 saturated carbocycles. The second-order valence-electron chi connectivity index (χ2n) is 7.43. The molecule has 0 N–H and O–H groups in total. The van der Waals surface area contributed by atoms with Gasteiger partial charge in [0.2, 0.25) is 0 Å². The molecule has 2 aliphatic heterocycles. The van der Waals surface area contributed by atoms with Crippen molar-refractivity contribution < 1.29 is 23.7 Å². The fourth-order valence-electron chi connectivity index (χ4n) is 3.63. The van der Waals surface area contributed by atoms with Crippen molar-refractivity contribution in [2.75, 3.05) is 59.6 Å². The predicted octanol–water partition coefficient (Wildman–Crippen LogP) is 3.78. The van der Waals surface area contributed by atoms with Crippen molar-refractivity contribution in [2.24, 2.45) is 4.99 Å². The van der Waals surface area contributed by atoms with Gasteiger partial charge in [0.05, 0.1) is 45.1 Å². The molecule has 2 heterocycles. The summed E-state index contributed by atoms with van der Waals surface area (Å²) in [6.45, 7) is 3.25. The summed E-state index contributed by atoms with van der Waals surface area (Å²) in [4.78, 5) is 22.0. The Morgan fingerprint density at radius 3 is 2.24 bits per heavy atom. The number of morpholine rings is 1. The number of thioether (sulfide) groups is 1. The Balaban J connectivity index is 1.57. The summed E-state index contributed by atoms with van der Waals surface area (Å²) < 4.78 is 21.6. The number of ether oxygens (including phenoxy) is 4. The Morgan fingerprint density at radius 2 is 1.61 bits per heavy atom. The molecule has 0 aromatic heterocycles. The Labute approximate surface area is 197 Å². The maximum Gasteiger partial charge on any atom is 0.266 e. The van der Waals surface area contributed by atoms with E-state index in [1.165, 1.54) is 11.8 Å². The van der Waals surface area contributed by atoms with Crippen LogP contribution in [0.2, 0.25) is 0 Å². The van der Waals surface area contributed by atoms with E-state index in [0.717, 1.165) is 43.2 Å². The highest BCUT2D eigenvalue weighted by Crippen LogP contribution is 2.39. The van der Waals surface area contributed by atoms with Gasteiger partial charge in [-0.1, -0.05) is 0 Å². The zero-order valence-electron chi connectivity index (χ0n) is 19.2. The quantitative estimate of drug-likeness (QED) is 0.596. The summed E-state index contributed by atoms with van der Waals surface area (Å²) in [6, 6.07) is 11.6. The van der Waals surface area contributed by atoms with Gasteiger partial charge in [-0.15, -0.1) is 0 Å². The summed E-state index contributed by atoms with van der Waals surface area (Å²) in [6.07, 6.45) is 1.79. The van der Waals surface area contributed by atoms with Crippen LogP contribution in [0.5, 0.6) is 17.2 Å². The molecule has 2 aromatic carbocycles. The number of likely N-dealkylation sites (N-methyl/N-ethyl adjacent to an activating group) is 1. The van der Waals surface area contributed by atoms with Gasteiger partial charge >= 0.3 is 0 Å². The minimum atomic E-state index is -0.125. The number of amides is 1. The molecule has 0 bridgehead atoms. The predicted molar refractivity (Wildman–Crippen MR) is 131 cm³/mol. The topological polar surface area (TPSA) is 72.8 Å². The van der Waals surface area contributed by atoms with E-state index >= 15 is 0 Å². The van der Waals surface area contributed by atoms with Gasteiger partial charge in [0.25, 0.3) is 5.91 Å². The molecule has 2 aromatic rings. The Hall–Kier alpha value is -3.17. The average Bonchev–Trinajstić information content (AvgIpc) is 3.12. The molecule has 174 valence electrons. The third-order valence-corrected chi connectivity index (χ3v) is 6.54. The van der Waals surface area contributed by atoms with Crippen molar-refractivity contribution in [1.29, 1.82) is 0 Å². The summed E-state index contributed by atoms with van der Waals surface area (Å²) in [5, 5.41) is 0.616. The number of amidine groups is 1. The first-order valence-corrected chi connectivity index (χ1v) is 11.3. The van der Waals surface area contributed by atoms with E-state index in [1.807, 2.05) is 12.1 Å². The Bertz CT molecular complexity index is 1080. The summed E-state index contributed by atoms with van der Waals surface area (Å²) in [5.74, 6) is 1.57. The van der Waals surface area contributed by atoms with Gasteiger partial charge in [-0.05, 0) is 48.2 Å². The second-order valence-corrected chi connectivity index (χ2v) is 8.44. The van der Waals surface area contributed by atoms with Crippen LogP contribution in [0, 0.1) is 0 Å². The number of benzene rings is 2. The first-order valence-electron chi connectivity index (χ1n) is 10.5. The standard InChI is InChI=1S/C24H27N3O5S/c1-26-23(28)22(14-16-13-20(30-3)21(31-4)15-19(16)29-2)33-24(26)25-17-5-7-18(8-6-17)27-9-11-32-12-10-27/h5-8,13-15H,9-12H2,1-4H3/b22-14-,25-24?. The van der Waals surface area contributed by atoms with E-state index in [2.05, 4.69) is 17.0 Å². The van der Waals surface area contributed by atoms with Crippen LogP contribution in [0.25, 0.3) is 6.08 Å². The third-order valence-electron chi connectivity index (χ3n) is 5.48. The number of hydrogen-bond acceptors (Lipinski definition) is 8. The van der Waals surface area contributed by atoms with Gasteiger partial charge in [-0.3, -0.25) is 9.69 Å². The number of rotatable bonds is 6. The SMILES string of the molecule is COc1cc(OC)c(OC)cc1/C=C1\SC(=Nc2ccc(N3CCOCC3)cc2)N(C)C1=O. The minimum absolute atomic E-state index is 0.125. The zero-order valence-corrected chi connectivity index (χ0v) is 20.0. The van der Waals surface area contributed by atoms with Crippen LogP contribution in [-0.4, -0.2) is 70.7 Å². The number of methoxy groups -OCH3 is 3. The lowest BCUT2D eigenvalue weighted by atomic mass is 10.1. The highest BCUT2D eigenvalue weighted by molar-refractivity contribution is 8.18. The van der Waals surface area contributed by atoms with E-state index in [1.54, 1.807) is 51.5 Å². The molecule has 33 heavy (non-hydrogen) atoms. The molecule has 2 saturated heterocycles. The number of aliphatic imine (C=N–C) groups is 1. The first-order chi connectivity index (χ1) is 16.0. The normalized spacial score (nSPS) is 18.8. The highest BCUT2D eigenvalue weighted by Gasteiger charge is 2.31. The molecule has 0 atom stereocenters. The number of carbonyl (C=O) groups is 1. The molecule has 0 aliphatic carbocycles. The lowest BCUT2D eigenvalue weighted by molar-refractivity contribution is -0.121. The molecule has 2 fully saturated rings. The van der Waals surface area contributed by atoms with Gasteiger partial charge in [0.1, 0.15) is 5.75 Å². The van der Waals surface area contributed by atoms with Crippen molar-refractivity contribution in [3.05, 3.63) is 46.9 Å². The van der Waals surface area contributed by atoms with Crippen LogP contribution in [-0.2, 0) is 9.53 Å². The van der Waals surface area contributed by atoms with Crippen molar-refractivity contribution in [2.45, 2.75) is 0 Å². The molecule has 9 heteroatoms. The smallest absolute Gasteiger partial charge is 0.266 e. The van der Waals surface area contributed by atoms with Gasteiger partial charge in [0.15, 0.2) is 16.7 Å². The summed E-state index contributed by atoms with van der Waals surface area (Å²) in [5.41, 5.74) is 2.65. The van der Waals surface area contributed by atoms with Crippen LogP contribution < -0.4 is 19.1 Å². The molecular weight excluding hydrogens is 442 g/mol. The fraction of sp³-hybridized carbons (Fsp3) is 0.333. The lowest BCUT2D eigenvalue weighted by Crippen LogP contribution is -2.36. The number of nitrogens with zero attached hydrogens (tertiary/aromatic N) is 3. The zero-order chi connectivity index (χ0) is 23.4. The van der Waals surface area contributed by atoms with Crippen LogP contribution >= 0.6 is 11.8 Å². The van der Waals surface area contributed by atoms with E-state index in [0.29, 0.717) is 27.3 Å². The maximum atomic E-state index is 12.9. The van der Waals surface area contributed by atoms with E-state index in [4.69, 9.17) is 23.9 Å². The van der Waals surface area contributed by atoms with Gasteiger partial charge < -0.3 is 23.8 Å². The Kier molecular flexibility index (Phi) is 7.10. The number of anilines is 1. The summed E-state index contributed by atoms with van der Waals surface area (Å²) >= 11 is 1.32. The van der Waals surface area contributed by atoms with Crippen molar-refractivity contribution in [3.8, 4) is 17.2 Å². The van der Waals surface area contributed by atoms with Crippen molar-refractivity contribution in [1.82, 2.24) is 4.90 Å². The van der Waals surface area contributed by atoms with Gasteiger partial charge in [0, 0.05) is 37.5 Å². The molecule has 2 aliphatic rings. The van der Waals surface area contributed by atoms with Crippen LogP contribution in [0.3, 0.4) is 0 Å². The van der Waals surface area contributed by atoms with E-state index in [9.17, 15) is 4.79 Å². The average molecular weight is 470 g/mol. The molecule has 0 unspecified atom stereocenters. The van der Waals surface area contributed by atoms with E-state index < -0.39 is 0 Å². The molecule has 4 rings (SSSR count). The van der Waals surface area contributed by atoms with Crippen LogP contribution in [0.1, 0.15) is 5.56 Å². The van der Waals surface area contributed by atoms with Crippen LogP contribution in [0.15, 0.2) is 46.3 Å². The largest absolute Gasteiger partial charge is 0.496 e. The highest BCUT2D eigenvalue weighted by atomic mass is 32.2. The molecule has 8 nitrogen and oxygen atoms in total. The van der Waals surface area contributed by atoms with Gasteiger partial charge in [-0.2, -0.15) is 0 Å². The second kappa shape index (κ2) is 10.2. The monoisotopic (exact) mass is 469 g/mol. The van der Waals surface area contributed by atoms with Gasteiger partial charge in [-0.25, -0.2) is 4.99 Å². The molecule has 0 spiro atoms. The third kappa shape index (κ3) is 4.94. The molecule has 1 amide bonds. The van der Waals surface area contributed by atoms with Crippen LogP contribution in [0.4, 0.5) is 11.4 Å². The Morgan fingerprint density at radius 1 is 0.970 bits per heavy atom. The van der Waals surface area contributed by atoms with Crippen molar-refractivity contribution >= 4 is 40.3 Å². The fourth-order valence-corrected chi connectivity index (χ4v) is 4.61. The maximum absolute atomic E-state index is 12.9. The minimum Gasteiger partial charge on any atom is -0.496 e. The molecular formula is C24H27N3O5S. The first kappa shape index (κ1) is 23.0. The van der Waals surface area contributed by atoms with E-state index in [-0.39, 0.29) is 5.91 Å². The summed E-state index contributed by atoms with van der Waals surface area (Å²) in [7, 11) is 6.44. The van der Waals surface area contributed by atoms with Crippen molar-refractivity contribution in [3.63, 3.8) is 0 Å². The number of hydrogen-bond donors (Lipinski definition) is 0.